The van der Waals surface area contributed by atoms with Crippen LogP contribution >= 0.6 is 0 Å². The Kier molecular flexibility index (Phi) is 6.91. The molecule has 0 saturated heterocycles. The van der Waals surface area contributed by atoms with Crippen LogP contribution in [0.1, 0.15) is 24.6 Å². The number of hydrazine groups is 1. The van der Waals surface area contributed by atoms with Gasteiger partial charge in [0.15, 0.2) is 11.6 Å². The van der Waals surface area contributed by atoms with Gasteiger partial charge in [-0.2, -0.15) is 4.72 Å². The van der Waals surface area contributed by atoms with Gasteiger partial charge in [-0.15, -0.1) is 10.2 Å². The number of hydrogen-bond acceptors (Lipinski definition) is 10. The first-order valence-electron chi connectivity index (χ1n) is 10.00. The van der Waals surface area contributed by atoms with Gasteiger partial charge in [-0.1, -0.05) is 6.07 Å². The van der Waals surface area contributed by atoms with Crippen molar-refractivity contribution in [2.24, 2.45) is 0 Å². The number of para-hydroxylation sites is 1. The summed E-state index contributed by atoms with van der Waals surface area (Å²) in [6.45, 7) is 1.77. The third kappa shape index (κ3) is 4.84. The second-order valence-corrected chi connectivity index (χ2v) is 8.69. The molecule has 0 spiro atoms. The van der Waals surface area contributed by atoms with E-state index in [1.807, 2.05) is 6.08 Å². The minimum Gasteiger partial charge on any atom is -0.593 e. The Labute approximate surface area is 192 Å². The topological polar surface area (TPSA) is 134 Å². The van der Waals surface area contributed by atoms with Gasteiger partial charge in [0, 0.05) is 6.20 Å². The molecule has 3 N–H and O–H groups in total. The van der Waals surface area contributed by atoms with E-state index in [0.717, 1.165) is 12.4 Å². The Bertz CT molecular complexity index is 1100. The first-order chi connectivity index (χ1) is 16.0. The second-order valence-electron chi connectivity index (χ2n) is 7.09. The highest BCUT2D eigenvalue weighted by Gasteiger charge is 2.29. The number of anilines is 1. The van der Waals surface area contributed by atoms with Gasteiger partial charge in [0.25, 0.3) is 5.95 Å². The number of benzene rings is 1. The normalized spacial score (nSPS) is 16.8. The van der Waals surface area contributed by atoms with Crippen molar-refractivity contribution in [3.8, 4) is 17.2 Å². The highest BCUT2D eigenvalue weighted by molar-refractivity contribution is 7.93. The Morgan fingerprint density at radius 2 is 1.91 bits per heavy atom. The van der Waals surface area contributed by atoms with Gasteiger partial charge < -0.3 is 19.5 Å². The highest BCUT2D eigenvalue weighted by atomic mass is 32.2. The molecule has 3 atom stereocenters. The molecule has 1 aliphatic heterocycles. The van der Waals surface area contributed by atoms with Crippen LogP contribution in [0, 0.1) is 5.82 Å². The largest absolute Gasteiger partial charge is 0.593 e. The van der Waals surface area contributed by atoms with Crippen LogP contribution in [0.25, 0.3) is 5.69 Å². The maximum atomic E-state index is 13.1. The molecular formula is C20H23FN8O3S. The van der Waals surface area contributed by atoms with Gasteiger partial charge in [-0.3, -0.25) is 4.57 Å². The summed E-state index contributed by atoms with van der Waals surface area (Å²) in [5.74, 6) is 1.66. The fourth-order valence-corrected chi connectivity index (χ4v) is 4.10. The average Bonchev–Trinajstić information content (AvgIpc) is 3.50. The molecule has 4 rings (SSSR count). The molecule has 11 nitrogen and oxygen atoms in total. The minimum atomic E-state index is -1.59. The molecule has 13 heteroatoms. The van der Waals surface area contributed by atoms with Gasteiger partial charge in [0.1, 0.15) is 34.3 Å². The Morgan fingerprint density at radius 1 is 1.21 bits per heavy atom. The van der Waals surface area contributed by atoms with Crippen molar-refractivity contribution in [3.63, 3.8) is 0 Å². The van der Waals surface area contributed by atoms with Crippen molar-refractivity contribution in [3.05, 3.63) is 60.3 Å². The monoisotopic (exact) mass is 474 g/mol. The maximum absolute atomic E-state index is 13.1. The molecule has 1 aliphatic rings. The molecule has 0 fully saturated rings. The summed E-state index contributed by atoms with van der Waals surface area (Å²) in [5, 5.41) is 8.15. The van der Waals surface area contributed by atoms with Crippen LogP contribution in [0.5, 0.6) is 11.5 Å². The van der Waals surface area contributed by atoms with Crippen molar-refractivity contribution >= 4 is 17.3 Å². The van der Waals surface area contributed by atoms with Crippen molar-refractivity contribution in [1.29, 1.82) is 0 Å². The van der Waals surface area contributed by atoms with Crippen LogP contribution in [0.3, 0.4) is 0 Å². The molecule has 2 unspecified atom stereocenters. The van der Waals surface area contributed by atoms with Crippen LogP contribution in [0.15, 0.2) is 42.9 Å². The number of ether oxygens (including phenoxy) is 2. The summed E-state index contributed by atoms with van der Waals surface area (Å²) in [4.78, 5) is 7.87. The number of nitrogens with zero attached hydrogens (tertiary/aromatic N) is 5. The molecule has 2 aromatic heterocycles. The zero-order chi connectivity index (χ0) is 23.4. The van der Waals surface area contributed by atoms with Gasteiger partial charge >= 0.3 is 0 Å². The number of halogens is 1. The van der Waals surface area contributed by atoms with Crippen LogP contribution in [0.2, 0.25) is 0 Å². The van der Waals surface area contributed by atoms with Crippen molar-refractivity contribution in [2.45, 2.75) is 24.6 Å². The van der Waals surface area contributed by atoms with Crippen molar-refractivity contribution in [1.82, 2.24) is 35.6 Å². The highest BCUT2D eigenvalue weighted by Crippen LogP contribution is 2.37. The lowest BCUT2D eigenvalue weighted by Gasteiger charge is -2.21. The smallest absolute Gasteiger partial charge is 0.271 e. The molecule has 0 bridgehead atoms. The molecule has 174 valence electrons. The zero-order valence-corrected chi connectivity index (χ0v) is 19.0. The molecule has 3 aromatic rings. The third-order valence-electron chi connectivity index (χ3n) is 4.90. The van der Waals surface area contributed by atoms with Crippen molar-refractivity contribution in [2.75, 3.05) is 18.9 Å². The fourth-order valence-electron chi connectivity index (χ4n) is 3.29. The summed E-state index contributed by atoms with van der Waals surface area (Å²) in [6, 6.07) is 5.07. The summed E-state index contributed by atoms with van der Waals surface area (Å²) >= 11 is -1.59. The Balaban J connectivity index is 1.68. The molecular weight excluding hydrogens is 451 g/mol. The van der Waals surface area contributed by atoms with Gasteiger partial charge in [-0.05, 0) is 25.1 Å². The van der Waals surface area contributed by atoms with Gasteiger partial charge in [0.2, 0.25) is 0 Å². The fraction of sp³-hybridized carbons (Fsp3) is 0.300. The van der Waals surface area contributed by atoms with Crippen molar-refractivity contribution < 1.29 is 18.4 Å². The van der Waals surface area contributed by atoms with E-state index < -0.39 is 22.4 Å². The summed E-state index contributed by atoms with van der Waals surface area (Å²) < 4.78 is 41.9. The van der Waals surface area contributed by atoms with E-state index in [-0.39, 0.29) is 18.4 Å². The number of hydrogen-bond donors (Lipinski definition) is 3. The second kappa shape index (κ2) is 10.0. The standard InChI is InChI=1S/C20H23FN8O3S/c1-12(9-17-22-10-13(21)11-23-17)33(30)28-20-27-26-19(14-7-8-24-25-14)29(20)18-15(31-2)5-4-6-16(18)32-3/h4-8,10-12,14,24-25H,9H2,1-3H3,(H,27,28)/t12-,14?,33?/m0/s1. The van der Waals surface area contributed by atoms with Gasteiger partial charge in [0.05, 0.1) is 44.4 Å². The SMILES string of the molecule is COc1cccc(OC)c1-n1c(N[S+]([O-])[C@@H](C)Cc2ncc(F)cn2)nnc1C1C=CNN1. The number of methoxy groups -OCH3 is 2. The molecule has 33 heavy (non-hydrogen) atoms. The van der Waals surface area contributed by atoms with E-state index >= 15 is 0 Å². The number of nitrogens with one attached hydrogen (secondary N) is 3. The van der Waals surface area contributed by atoms with Crippen LogP contribution < -0.4 is 25.0 Å². The summed E-state index contributed by atoms with van der Waals surface area (Å²) in [7, 11) is 3.10. The first kappa shape index (κ1) is 22.8. The van der Waals surface area contributed by atoms with E-state index in [9.17, 15) is 8.94 Å². The third-order valence-corrected chi connectivity index (χ3v) is 6.19. The number of rotatable bonds is 9. The zero-order valence-electron chi connectivity index (χ0n) is 18.2. The summed E-state index contributed by atoms with van der Waals surface area (Å²) in [5.41, 5.74) is 6.53. The minimum absolute atomic E-state index is 0.236. The predicted octanol–water partition coefficient (Wildman–Crippen LogP) is 1.58. The molecule has 1 aromatic carbocycles. The lowest BCUT2D eigenvalue weighted by molar-refractivity contribution is 0.390. The quantitative estimate of drug-likeness (QED) is 0.392. The molecule has 0 amide bonds. The molecule has 0 saturated carbocycles. The van der Waals surface area contributed by atoms with Crippen LogP contribution in [-0.4, -0.2) is 48.8 Å². The average molecular weight is 475 g/mol. The van der Waals surface area contributed by atoms with E-state index in [1.54, 1.807) is 50.1 Å². The van der Waals surface area contributed by atoms with Crippen LogP contribution in [0.4, 0.5) is 10.3 Å². The first-order valence-corrected chi connectivity index (χ1v) is 11.2. The predicted molar refractivity (Wildman–Crippen MR) is 120 cm³/mol. The maximum Gasteiger partial charge on any atom is 0.271 e. The van der Waals surface area contributed by atoms with E-state index in [0.29, 0.717) is 28.8 Å². The number of aromatic nitrogens is 5. The lowest BCUT2D eigenvalue weighted by atomic mass is 10.2. The molecule has 3 heterocycles. The lowest BCUT2D eigenvalue weighted by Crippen LogP contribution is -2.30. The van der Waals surface area contributed by atoms with Gasteiger partial charge in [-0.25, -0.2) is 19.8 Å². The van der Waals surface area contributed by atoms with E-state index in [2.05, 4.69) is 35.7 Å². The Morgan fingerprint density at radius 3 is 2.52 bits per heavy atom. The molecule has 0 aliphatic carbocycles. The molecule has 0 radical (unpaired) electrons. The van der Waals surface area contributed by atoms with Crippen LogP contribution in [-0.2, 0) is 17.8 Å². The summed E-state index contributed by atoms with van der Waals surface area (Å²) in [6.07, 6.45) is 6.06. The van der Waals surface area contributed by atoms with E-state index in [4.69, 9.17) is 9.47 Å². The van der Waals surface area contributed by atoms with E-state index in [1.165, 1.54) is 0 Å². The Hall–Kier alpha value is -3.42.